The molecule has 0 radical (unpaired) electrons. The van der Waals surface area contributed by atoms with Gasteiger partial charge < -0.3 is 25.0 Å². The molecule has 0 unspecified atom stereocenters. The number of nitrogens with one attached hydrogen (secondary N) is 1. The number of halogens is 1. The van der Waals surface area contributed by atoms with Crippen LogP contribution in [0.4, 0.5) is 10.2 Å². The van der Waals surface area contributed by atoms with Crippen LogP contribution in [0.1, 0.15) is 19.8 Å². The van der Waals surface area contributed by atoms with Crippen LogP contribution < -0.4 is 15.0 Å². The van der Waals surface area contributed by atoms with Crippen molar-refractivity contribution in [2.24, 2.45) is 0 Å². The molecule has 2 aromatic heterocycles. The number of aromatic nitrogens is 3. The number of nitrogens with zero attached hydrogens (tertiary/aromatic N) is 5. The molecule has 2 fully saturated rings. The van der Waals surface area contributed by atoms with Gasteiger partial charge in [-0.2, -0.15) is 9.97 Å². The average Bonchev–Trinajstić information content (AvgIpc) is 3.20. The second-order valence-corrected chi connectivity index (χ2v) is 10.5. The molecule has 2 bridgehead atoms. The highest BCUT2D eigenvalue weighted by molar-refractivity contribution is 5.99. The molecule has 8 nitrogen and oxygen atoms in total. The molecule has 9 heteroatoms. The van der Waals surface area contributed by atoms with Gasteiger partial charge in [0.15, 0.2) is 5.82 Å². The van der Waals surface area contributed by atoms with Gasteiger partial charge >= 0.3 is 6.01 Å². The number of ether oxygens (including phenoxy) is 1. The topological polar surface area (TPSA) is 86.6 Å². The van der Waals surface area contributed by atoms with Gasteiger partial charge in [0.05, 0.1) is 5.39 Å². The summed E-state index contributed by atoms with van der Waals surface area (Å²) in [7, 11) is 3.94. The van der Waals surface area contributed by atoms with E-state index < -0.39 is 5.82 Å². The van der Waals surface area contributed by atoms with Crippen LogP contribution in [0.5, 0.6) is 11.8 Å². The zero-order valence-electron chi connectivity index (χ0n) is 21.3. The number of fused-ring (bicyclic) bond motifs is 4. The van der Waals surface area contributed by atoms with Gasteiger partial charge in [0, 0.05) is 43.5 Å². The fourth-order valence-electron chi connectivity index (χ4n) is 5.70. The lowest BCUT2D eigenvalue weighted by Crippen LogP contribution is -2.51. The van der Waals surface area contributed by atoms with Crippen molar-refractivity contribution in [3.05, 3.63) is 48.4 Å². The van der Waals surface area contributed by atoms with Crippen molar-refractivity contribution in [3.63, 3.8) is 0 Å². The average molecular weight is 503 g/mol. The summed E-state index contributed by atoms with van der Waals surface area (Å²) in [5.74, 6) is 0.144. The van der Waals surface area contributed by atoms with Gasteiger partial charge in [0.2, 0.25) is 0 Å². The van der Waals surface area contributed by atoms with E-state index in [4.69, 9.17) is 9.72 Å². The van der Waals surface area contributed by atoms with Crippen LogP contribution in [0.15, 0.2) is 42.6 Å². The molecule has 0 amide bonds. The number of anilines is 1. The first-order chi connectivity index (χ1) is 17.9. The Morgan fingerprint density at radius 1 is 1.14 bits per heavy atom. The minimum Gasteiger partial charge on any atom is -0.508 e. The fraction of sp³-hybridized carbons (Fsp3) is 0.393. The second-order valence-electron chi connectivity index (χ2n) is 10.5. The summed E-state index contributed by atoms with van der Waals surface area (Å²) in [6.07, 6.45) is 3.71. The van der Waals surface area contributed by atoms with Crippen LogP contribution >= 0.6 is 0 Å². The van der Waals surface area contributed by atoms with Crippen molar-refractivity contribution in [3.8, 4) is 23.0 Å². The lowest BCUT2D eigenvalue weighted by molar-refractivity contribution is 0.164. The Labute approximate surface area is 215 Å². The molecular weight excluding hydrogens is 471 g/mol. The molecule has 0 aliphatic carbocycles. The maximum absolute atomic E-state index is 16.3. The first-order valence-corrected chi connectivity index (χ1v) is 12.8. The van der Waals surface area contributed by atoms with E-state index in [2.05, 4.69) is 20.2 Å². The minimum absolute atomic E-state index is 0.0520. The number of hydrogen-bond acceptors (Lipinski definition) is 8. The molecule has 2 aliphatic rings. The van der Waals surface area contributed by atoms with Crippen LogP contribution in [0.2, 0.25) is 0 Å². The van der Waals surface area contributed by atoms with Gasteiger partial charge in [0.1, 0.15) is 28.9 Å². The third-order valence-electron chi connectivity index (χ3n) is 7.19. The molecule has 2 N–H and O–H groups in total. The number of phenolic OH excluding ortho intramolecular Hbond substituents is 1. The van der Waals surface area contributed by atoms with E-state index in [1.165, 1.54) is 0 Å². The number of benzene rings is 2. The quantitative estimate of drug-likeness (QED) is 0.410. The monoisotopic (exact) mass is 502 g/mol. The van der Waals surface area contributed by atoms with Gasteiger partial charge in [-0.1, -0.05) is 24.3 Å². The Balaban J connectivity index is 1.51. The number of pyridine rings is 1. The number of aromatic hydroxyl groups is 1. The molecule has 37 heavy (non-hydrogen) atoms. The SMILES string of the molecule is C[C@H](CN(C)C)Oc1nc(N2C[C@H]3CC[C@@H](C2)N3)c2cnc(-c3cc(O)cc4ccccc34)c(F)c2n1. The summed E-state index contributed by atoms with van der Waals surface area (Å²) < 4.78 is 22.4. The number of hydrogen-bond donors (Lipinski definition) is 2. The summed E-state index contributed by atoms with van der Waals surface area (Å²) in [4.78, 5) is 18.1. The zero-order chi connectivity index (χ0) is 25.7. The number of rotatable bonds is 6. The molecule has 4 aromatic rings. The Bertz CT molecular complexity index is 1470. The van der Waals surface area contributed by atoms with Crippen molar-refractivity contribution in [1.29, 1.82) is 0 Å². The van der Waals surface area contributed by atoms with E-state index in [-0.39, 0.29) is 29.1 Å². The van der Waals surface area contributed by atoms with Crippen molar-refractivity contribution in [1.82, 2.24) is 25.2 Å². The number of phenols is 1. The van der Waals surface area contributed by atoms with Crippen LogP contribution in [-0.2, 0) is 0 Å². The van der Waals surface area contributed by atoms with Gasteiger partial charge in [-0.15, -0.1) is 0 Å². The maximum Gasteiger partial charge on any atom is 0.319 e. The Morgan fingerprint density at radius 3 is 2.65 bits per heavy atom. The van der Waals surface area contributed by atoms with Crippen molar-refractivity contribution < 1.29 is 14.2 Å². The third kappa shape index (κ3) is 4.53. The summed E-state index contributed by atoms with van der Waals surface area (Å²) in [6.45, 7) is 4.20. The van der Waals surface area contributed by atoms with E-state index >= 15 is 4.39 Å². The van der Waals surface area contributed by atoms with Crippen LogP contribution in [0, 0.1) is 5.82 Å². The molecule has 2 aromatic carbocycles. The second kappa shape index (κ2) is 9.39. The van der Waals surface area contributed by atoms with Gasteiger partial charge in [-0.25, -0.2) is 4.39 Å². The summed E-state index contributed by atoms with van der Waals surface area (Å²) in [5, 5.41) is 16.1. The van der Waals surface area contributed by atoms with E-state index in [1.54, 1.807) is 18.3 Å². The molecule has 2 saturated heterocycles. The minimum atomic E-state index is -0.555. The lowest BCUT2D eigenvalue weighted by atomic mass is 10.0. The first-order valence-electron chi connectivity index (χ1n) is 12.8. The van der Waals surface area contributed by atoms with E-state index in [0.29, 0.717) is 35.4 Å². The smallest absolute Gasteiger partial charge is 0.319 e. The van der Waals surface area contributed by atoms with Crippen LogP contribution in [0.25, 0.3) is 32.9 Å². The lowest BCUT2D eigenvalue weighted by Gasteiger charge is -2.34. The van der Waals surface area contributed by atoms with Gasteiger partial charge in [0.25, 0.3) is 0 Å². The molecule has 0 saturated carbocycles. The summed E-state index contributed by atoms with van der Waals surface area (Å²) in [6, 6.07) is 11.7. The molecule has 2 aliphatic heterocycles. The van der Waals surface area contributed by atoms with Crippen LogP contribution in [0.3, 0.4) is 0 Å². The summed E-state index contributed by atoms with van der Waals surface area (Å²) >= 11 is 0. The summed E-state index contributed by atoms with van der Waals surface area (Å²) in [5.41, 5.74) is 0.816. The largest absolute Gasteiger partial charge is 0.508 e. The molecule has 4 heterocycles. The van der Waals surface area contributed by atoms with E-state index in [0.717, 1.165) is 36.7 Å². The Hall–Kier alpha value is -3.56. The van der Waals surface area contributed by atoms with Gasteiger partial charge in [-0.05, 0) is 56.8 Å². The predicted octanol–water partition coefficient (Wildman–Crippen LogP) is 3.96. The third-order valence-corrected chi connectivity index (χ3v) is 7.19. The highest BCUT2D eigenvalue weighted by Crippen LogP contribution is 2.37. The Morgan fingerprint density at radius 2 is 1.89 bits per heavy atom. The molecule has 0 spiro atoms. The molecule has 3 atom stereocenters. The molecular formula is C28H31FN6O2. The predicted molar refractivity (Wildman–Crippen MR) is 143 cm³/mol. The molecule has 6 rings (SSSR count). The zero-order valence-corrected chi connectivity index (χ0v) is 21.3. The van der Waals surface area contributed by atoms with Gasteiger partial charge in [-0.3, -0.25) is 4.98 Å². The van der Waals surface area contributed by atoms with Crippen molar-refractivity contribution in [2.45, 2.75) is 38.0 Å². The van der Waals surface area contributed by atoms with Crippen molar-refractivity contribution >= 4 is 27.5 Å². The normalized spacial score (nSPS) is 20.2. The molecule has 192 valence electrons. The van der Waals surface area contributed by atoms with Crippen molar-refractivity contribution in [2.75, 3.05) is 38.6 Å². The maximum atomic E-state index is 16.3. The Kier molecular flexibility index (Phi) is 6.04. The van der Waals surface area contributed by atoms with Crippen LogP contribution in [-0.4, -0.2) is 76.9 Å². The van der Waals surface area contributed by atoms with E-state index in [9.17, 15) is 5.11 Å². The number of likely N-dealkylation sites (N-methyl/N-ethyl adjacent to an activating group) is 1. The first kappa shape index (κ1) is 23.8. The number of piperazine rings is 1. The fourth-order valence-corrected chi connectivity index (χ4v) is 5.70. The highest BCUT2D eigenvalue weighted by Gasteiger charge is 2.34. The van der Waals surface area contributed by atoms with E-state index in [1.807, 2.05) is 50.2 Å². The highest BCUT2D eigenvalue weighted by atomic mass is 19.1. The standard InChI is InChI=1S/C28H31FN6O2/c1-16(13-34(2)3)37-28-32-26-23(27(33-28)35-14-18-8-9-19(15-35)31-18)12-30-25(24(26)29)22-11-20(36)10-17-6-4-5-7-21(17)22/h4-7,10-12,16,18-19,31,36H,8-9,13-15H2,1-3H3/t16-,18-,19+/m1/s1.